The fourth-order valence-corrected chi connectivity index (χ4v) is 5.54. The maximum absolute atomic E-state index is 13.1. The summed E-state index contributed by atoms with van der Waals surface area (Å²) in [4.78, 5) is 20.2. The molecule has 5 nitrogen and oxygen atoms in total. The predicted molar refractivity (Wildman–Crippen MR) is 112 cm³/mol. The Morgan fingerprint density at radius 3 is 2.50 bits per heavy atom. The van der Waals surface area contributed by atoms with Crippen LogP contribution in [-0.2, 0) is 0 Å². The number of aliphatic hydroxyl groups excluding tert-OH is 1. The number of nitrogens with zero attached hydrogens (tertiary/aromatic N) is 3. The Balaban J connectivity index is 1.51. The third kappa shape index (κ3) is 3.95. The molecule has 0 bridgehead atoms. The highest BCUT2D eigenvalue weighted by Crippen LogP contribution is 2.32. The minimum Gasteiger partial charge on any atom is -0.394 e. The Hall–Kier alpha value is -1.14. The van der Waals surface area contributed by atoms with Gasteiger partial charge in [0.25, 0.3) is 5.91 Å². The highest BCUT2D eigenvalue weighted by atomic mass is 35.5. The molecule has 6 heteroatoms. The van der Waals surface area contributed by atoms with Crippen LogP contribution in [0, 0.1) is 0 Å². The van der Waals surface area contributed by atoms with Gasteiger partial charge in [0, 0.05) is 55.4 Å². The van der Waals surface area contributed by atoms with E-state index in [0.29, 0.717) is 23.2 Å². The second-order valence-corrected chi connectivity index (χ2v) is 9.42. The van der Waals surface area contributed by atoms with E-state index in [0.717, 1.165) is 26.2 Å². The van der Waals surface area contributed by atoms with Crippen molar-refractivity contribution in [2.24, 2.45) is 0 Å². The van der Waals surface area contributed by atoms with Crippen LogP contribution >= 0.6 is 11.6 Å². The van der Waals surface area contributed by atoms with Crippen molar-refractivity contribution >= 4 is 17.5 Å². The van der Waals surface area contributed by atoms with Crippen LogP contribution in [0.25, 0.3) is 0 Å². The quantitative estimate of drug-likeness (QED) is 0.840. The molecule has 0 aromatic heterocycles. The van der Waals surface area contributed by atoms with Gasteiger partial charge in [-0.15, -0.1) is 0 Å². The molecule has 154 valence electrons. The number of piperazine rings is 2. The maximum atomic E-state index is 13.1. The molecule has 0 unspecified atom stereocenters. The van der Waals surface area contributed by atoms with Crippen molar-refractivity contribution < 1.29 is 9.90 Å². The smallest absolute Gasteiger partial charge is 0.253 e. The Kier molecular flexibility index (Phi) is 5.98. The van der Waals surface area contributed by atoms with Gasteiger partial charge in [-0.1, -0.05) is 30.9 Å². The van der Waals surface area contributed by atoms with Gasteiger partial charge in [0.2, 0.25) is 0 Å². The van der Waals surface area contributed by atoms with Crippen molar-refractivity contribution in [2.45, 2.75) is 56.7 Å². The first kappa shape index (κ1) is 20.1. The predicted octanol–water partition coefficient (Wildman–Crippen LogP) is 2.87. The Bertz CT molecular complexity index is 692. The number of hydrogen-bond donors (Lipinski definition) is 1. The lowest BCUT2D eigenvalue weighted by Gasteiger charge is -2.57. The van der Waals surface area contributed by atoms with Gasteiger partial charge in [0.1, 0.15) is 0 Å². The van der Waals surface area contributed by atoms with E-state index in [-0.39, 0.29) is 24.1 Å². The van der Waals surface area contributed by atoms with Gasteiger partial charge in [-0.3, -0.25) is 14.6 Å². The van der Waals surface area contributed by atoms with Gasteiger partial charge in [0.15, 0.2) is 0 Å². The molecule has 4 rings (SSSR count). The molecule has 1 aromatic rings. The Labute approximate surface area is 173 Å². The van der Waals surface area contributed by atoms with Crippen molar-refractivity contribution in [3.8, 4) is 0 Å². The van der Waals surface area contributed by atoms with E-state index in [1.54, 1.807) is 24.3 Å². The van der Waals surface area contributed by atoms with Crippen LogP contribution in [0.2, 0.25) is 5.02 Å². The minimum atomic E-state index is -0.385. The number of amides is 1. The molecule has 1 amide bonds. The molecule has 2 atom stereocenters. The second kappa shape index (κ2) is 8.31. The molecular formula is C22H32ClN3O2. The Morgan fingerprint density at radius 1 is 1.11 bits per heavy atom. The van der Waals surface area contributed by atoms with E-state index in [2.05, 4.69) is 16.7 Å². The molecule has 1 saturated carbocycles. The molecule has 0 radical (unpaired) electrons. The normalized spacial score (nSPS) is 30.2. The summed E-state index contributed by atoms with van der Waals surface area (Å²) in [7, 11) is 0. The number of benzene rings is 1. The van der Waals surface area contributed by atoms with Gasteiger partial charge in [-0.2, -0.15) is 0 Å². The molecule has 1 aromatic carbocycles. The summed E-state index contributed by atoms with van der Waals surface area (Å²) in [5.41, 5.74) is 0.280. The van der Waals surface area contributed by atoms with E-state index >= 15 is 0 Å². The number of hydrogen-bond acceptors (Lipinski definition) is 4. The lowest BCUT2D eigenvalue weighted by molar-refractivity contribution is -0.0913. The van der Waals surface area contributed by atoms with Gasteiger partial charge in [0.05, 0.1) is 12.1 Å². The maximum Gasteiger partial charge on any atom is 0.253 e. The lowest BCUT2D eigenvalue weighted by Crippen LogP contribution is -2.72. The number of aliphatic hydroxyl groups is 1. The molecule has 2 saturated heterocycles. The van der Waals surface area contributed by atoms with E-state index < -0.39 is 0 Å². The standard InChI is InChI=1S/C22H32ClN3O2/c1-22(16-27)15-25(21(28)17-7-9-18(23)10-8-17)14-20-13-24(11-12-26(20)22)19-5-3-2-4-6-19/h7-10,19-20,27H,2-6,11-16H2,1H3/t20-,22-/m0/s1. The number of rotatable bonds is 3. The van der Waals surface area contributed by atoms with Crippen LogP contribution in [0.15, 0.2) is 24.3 Å². The number of halogens is 1. The van der Waals surface area contributed by atoms with Crippen LogP contribution in [0.5, 0.6) is 0 Å². The summed E-state index contributed by atoms with van der Waals surface area (Å²) >= 11 is 5.98. The van der Waals surface area contributed by atoms with Gasteiger partial charge < -0.3 is 10.0 Å². The summed E-state index contributed by atoms with van der Waals surface area (Å²) in [6.45, 7) is 6.48. The summed E-state index contributed by atoms with van der Waals surface area (Å²) < 4.78 is 0. The van der Waals surface area contributed by atoms with Crippen molar-refractivity contribution in [3.05, 3.63) is 34.9 Å². The van der Waals surface area contributed by atoms with Gasteiger partial charge in [-0.25, -0.2) is 0 Å². The zero-order chi connectivity index (χ0) is 19.7. The van der Waals surface area contributed by atoms with Crippen LogP contribution in [0.4, 0.5) is 0 Å². The zero-order valence-corrected chi connectivity index (χ0v) is 17.6. The van der Waals surface area contributed by atoms with E-state index in [1.165, 1.54) is 32.1 Å². The topological polar surface area (TPSA) is 47.0 Å². The molecule has 2 aliphatic heterocycles. The lowest BCUT2D eigenvalue weighted by atomic mass is 9.89. The Morgan fingerprint density at radius 2 is 1.82 bits per heavy atom. The highest BCUT2D eigenvalue weighted by molar-refractivity contribution is 6.30. The highest BCUT2D eigenvalue weighted by Gasteiger charge is 2.46. The first-order valence-electron chi connectivity index (χ1n) is 10.7. The van der Waals surface area contributed by atoms with Crippen LogP contribution in [0.1, 0.15) is 49.4 Å². The van der Waals surface area contributed by atoms with Crippen molar-refractivity contribution in [2.75, 3.05) is 39.3 Å². The van der Waals surface area contributed by atoms with Gasteiger partial charge in [-0.05, 0) is 44.0 Å². The van der Waals surface area contributed by atoms with Crippen LogP contribution in [0.3, 0.4) is 0 Å². The SMILES string of the molecule is C[C@@]1(CO)CN(C(=O)c2ccc(Cl)cc2)C[C@@H]2CN(C3CCCCC3)CCN21. The average Bonchev–Trinajstić information content (AvgIpc) is 2.74. The fourth-order valence-electron chi connectivity index (χ4n) is 5.42. The molecule has 3 fully saturated rings. The zero-order valence-electron chi connectivity index (χ0n) is 16.8. The van der Waals surface area contributed by atoms with Crippen LogP contribution < -0.4 is 0 Å². The minimum absolute atomic E-state index is 0.0331. The number of carbonyl (C=O) groups is 1. The summed E-state index contributed by atoms with van der Waals surface area (Å²) in [6.07, 6.45) is 6.65. The molecule has 2 heterocycles. The summed E-state index contributed by atoms with van der Waals surface area (Å²) in [5.74, 6) is 0.0331. The van der Waals surface area contributed by atoms with Gasteiger partial charge >= 0.3 is 0 Å². The van der Waals surface area contributed by atoms with E-state index in [4.69, 9.17) is 11.6 Å². The molecule has 3 aliphatic rings. The van der Waals surface area contributed by atoms with Crippen molar-refractivity contribution in [1.82, 2.24) is 14.7 Å². The van der Waals surface area contributed by atoms with E-state index in [1.807, 2.05) is 4.90 Å². The van der Waals surface area contributed by atoms with Crippen molar-refractivity contribution in [1.29, 1.82) is 0 Å². The molecule has 1 aliphatic carbocycles. The summed E-state index contributed by atoms with van der Waals surface area (Å²) in [6, 6.07) is 8.09. The average molecular weight is 406 g/mol. The largest absolute Gasteiger partial charge is 0.394 e. The number of carbonyl (C=O) groups excluding carboxylic acids is 1. The third-order valence-electron chi connectivity index (χ3n) is 6.98. The first-order valence-corrected chi connectivity index (χ1v) is 11.0. The molecular weight excluding hydrogens is 374 g/mol. The monoisotopic (exact) mass is 405 g/mol. The molecule has 28 heavy (non-hydrogen) atoms. The molecule has 1 N–H and O–H groups in total. The first-order chi connectivity index (χ1) is 13.5. The van der Waals surface area contributed by atoms with Crippen LogP contribution in [-0.4, -0.2) is 82.7 Å². The second-order valence-electron chi connectivity index (χ2n) is 8.98. The summed E-state index contributed by atoms with van der Waals surface area (Å²) in [5, 5.41) is 10.8. The fraction of sp³-hybridized carbons (Fsp3) is 0.682. The third-order valence-corrected chi connectivity index (χ3v) is 7.23. The van der Waals surface area contributed by atoms with E-state index in [9.17, 15) is 9.90 Å². The molecule has 0 spiro atoms. The van der Waals surface area contributed by atoms with Crippen molar-refractivity contribution in [3.63, 3.8) is 0 Å². The number of fused-ring (bicyclic) bond motifs is 1.